The number of likely N-dealkylation sites (tertiary alicyclic amines) is 1. The van der Waals surface area contributed by atoms with Gasteiger partial charge in [0.15, 0.2) is 0 Å². The third kappa shape index (κ3) is 5.31. The Hall–Kier alpha value is -0.850. The van der Waals surface area contributed by atoms with Crippen molar-refractivity contribution in [2.24, 2.45) is 11.7 Å². The fourth-order valence-corrected chi connectivity index (χ4v) is 3.81. The molecule has 1 aromatic heterocycles. The van der Waals surface area contributed by atoms with Gasteiger partial charge in [0, 0.05) is 35.1 Å². The van der Waals surface area contributed by atoms with Gasteiger partial charge in [-0.15, -0.1) is 36.2 Å². The van der Waals surface area contributed by atoms with Crippen molar-refractivity contribution in [2.45, 2.75) is 25.8 Å². The topological polar surface area (TPSA) is 59.2 Å². The number of hydrogen-bond donors (Lipinski definition) is 1. The minimum atomic E-state index is 0. The number of rotatable bonds is 3. The van der Waals surface area contributed by atoms with E-state index in [4.69, 9.17) is 17.3 Å². The Kier molecular flexibility index (Phi) is 8.64. The lowest BCUT2D eigenvalue weighted by atomic mass is 9.91. The molecule has 1 fully saturated rings. The van der Waals surface area contributed by atoms with E-state index in [0.29, 0.717) is 16.6 Å². The maximum Gasteiger partial charge on any atom is 0.273 e. The molecule has 1 aromatic carbocycles. The molecule has 0 bridgehead atoms. The molecule has 2 N–H and O–H groups in total. The summed E-state index contributed by atoms with van der Waals surface area (Å²) in [7, 11) is 0. The maximum atomic E-state index is 12.6. The highest BCUT2D eigenvalue weighted by molar-refractivity contribution is 7.13. The van der Waals surface area contributed by atoms with Gasteiger partial charge in [-0.25, -0.2) is 4.98 Å². The second kappa shape index (κ2) is 9.74. The number of carbonyl (C=O) groups excluding carboxylic acids is 1. The van der Waals surface area contributed by atoms with Crippen LogP contribution in [0.15, 0.2) is 29.6 Å². The van der Waals surface area contributed by atoms with Crippen LogP contribution in [-0.2, 0) is 0 Å². The maximum absolute atomic E-state index is 12.6. The molecule has 1 aliphatic heterocycles. The van der Waals surface area contributed by atoms with Crippen molar-refractivity contribution in [3.8, 4) is 10.6 Å². The number of aromatic nitrogens is 1. The summed E-state index contributed by atoms with van der Waals surface area (Å²) in [6, 6.07) is 7.70. The number of nitrogens with zero attached hydrogens (tertiary/aromatic N) is 2. The summed E-state index contributed by atoms with van der Waals surface area (Å²) in [4.78, 5) is 19.0. The summed E-state index contributed by atoms with van der Waals surface area (Å²) in [6.07, 6.45) is 1.94. The normalized spacial score (nSPS) is 15.9. The Morgan fingerprint density at radius 1 is 1.28 bits per heavy atom. The molecule has 1 atom stereocenters. The van der Waals surface area contributed by atoms with E-state index in [1.807, 2.05) is 41.5 Å². The number of nitrogens with two attached hydrogens (primary N) is 1. The number of carbonyl (C=O) groups is 1. The van der Waals surface area contributed by atoms with Crippen LogP contribution in [0.3, 0.4) is 0 Å². The predicted molar refractivity (Wildman–Crippen MR) is 109 cm³/mol. The van der Waals surface area contributed by atoms with Gasteiger partial charge in [-0.05, 0) is 37.8 Å². The van der Waals surface area contributed by atoms with Crippen molar-refractivity contribution < 1.29 is 4.79 Å². The molecule has 4 nitrogen and oxygen atoms in total. The summed E-state index contributed by atoms with van der Waals surface area (Å²) in [5.74, 6) is 0.531. The Morgan fingerprint density at radius 3 is 2.44 bits per heavy atom. The van der Waals surface area contributed by atoms with Crippen LogP contribution in [0.25, 0.3) is 10.6 Å². The molecule has 0 saturated carbocycles. The highest BCUT2D eigenvalue weighted by Crippen LogP contribution is 2.27. The minimum Gasteiger partial charge on any atom is -0.337 e. The first-order chi connectivity index (χ1) is 11.0. The van der Waals surface area contributed by atoms with E-state index >= 15 is 0 Å². The van der Waals surface area contributed by atoms with Crippen LogP contribution in [0.2, 0.25) is 5.02 Å². The molecule has 8 heteroatoms. The van der Waals surface area contributed by atoms with Crippen LogP contribution >= 0.6 is 47.8 Å². The molecule has 1 aliphatic rings. The molecule has 0 spiro atoms. The van der Waals surface area contributed by atoms with Crippen LogP contribution in [0.4, 0.5) is 0 Å². The third-order valence-corrected chi connectivity index (χ3v) is 5.53. The van der Waals surface area contributed by atoms with Crippen LogP contribution in [0.5, 0.6) is 0 Å². The number of hydrogen-bond acceptors (Lipinski definition) is 4. The molecule has 3 rings (SSSR count). The average Bonchev–Trinajstić information content (AvgIpc) is 3.05. The Bertz CT molecular complexity index is 683. The fraction of sp³-hybridized carbons (Fsp3) is 0.412. The van der Waals surface area contributed by atoms with Gasteiger partial charge in [-0.2, -0.15) is 0 Å². The van der Waals surface area contributed by atoms with Gasteiger partial charge in [0.25, 0.3) is 5.91 Å². The zero-order valence-electron chi connectivity index (χ0n) is 13.9. The van der Waals surface area contributed by atoms with Crippen molar-refractivity contribution in [3.63, 3.8) is 0 Å². The van der Waals surface area contributed by atoms with E-state index < -0.39 is 0 Å². The van der Waals surface area contributed by atoms with Crippen LogP contribution in [0, 0.1) is 5.92 Å². The fourth-order valence-electron chi connectivity index (χ4n) is 2.89. The average molecular weight is 423 g/mol. The van der Waals surface area contributed by atoms with E-state index in [1.165, 1.54) is 11.3 Å². The summed E-state index contributed by atoms with van der Waals surface area (Å²) < 4.78 is 0. The van der Waals surface area contributed by atoms with Gasteiger partial charge in [0.1, 0.15) is 10.7 Å². The molecule has 1 unspecified atom stereocenters. The van der Waals surface area contributed by atoms with Crippen LogP contribution in [0.1, 0.15) is 30.3 Å². The zero-order chi connectivity index (χ0) is 16.4. The van der Waals surface area contributed by atoms with Gasteiger partial charge in [0.05, 0.1) is 0 Å². The van der Waals surface area contributed by atoms with Gasteiger partial charge in [-0.1, -0.05) is 23.7 Å². The van der Waals surface area contributed by atoms with Gasteiger partial charge in [-0.3, -0.25) is 4.79 Å². The highest BCUT2D eigenvalue weighted by Gasteiger charge is 2.26. The molecule has 2 heterocycles. The predicted octanol–water partition coefficient (Wildman–Crippen LogP) is 4.51. The van der Waals surface area contributed by atoms with Crippen molar-refractivity contribution >= 4 is 53.7 Å². The van der Waals surface area contributed by atoms with Crippen LogP contribution in [-0.4, -0.2) is 34.9 Å². The number of amides is 1. The lowest BCUT2D eigenvalue weighted by Crippen LogP contribution is -2.42. The summed E-state index contributed by atoms with van der Waals surface area (Å²) in [6.45, 7) is 3.57. The van der Waals surface area contributed by atoms with Crippen molar-refractivity contribution in [1.29, 1.82) is 0 Å². The lowest BCUT2D eigenvalue weighted by Gasteiger charge is -2.33. The van der Waals surface area contributed by atoms with Crippen LogP contribution < -0.4 is 5.73 Å². The minimum absolute atomic E-state index is 0. The van der Waals surface area contributed by atoms with E-state index in [2.05, 4.69) is 4.98 Å². The van der Waals surface area contributed by atoms with Gasteiger partial charge < -0.3 is 10.6 Å². The van der Waals surface area contributed by atoms with Gasteiger partial charge >= 0.3 is 0 Å². The van der Waals surface area contributed by atoms with E-state index in [1.54, 1.807) is 0 Å². The number of thiazole rings is 1. The molecule has 138 valence electrons. The molecular formula is C17H22Cl3N3OS. The monoisotopic (exact) mass is 421 g/mol. The first-order valence-electron chi connectivity index (χ1n) is 7.81. The van der Waals surface area contributed by atoms with Crippen molar-refractivity contribution in [3.05, 3.63) is 40.4 Å². The van der Waals surface area contributed by atoms with Crippen molar-refractivity contribution in [1.82, 2.24) is 9.88 Å². The Labute approximate surface area is 169 Å². The first kappa shape index (κ1) is 22.2. The number of piperidine rings is 1. The van der Waals surface area contributed by atoms with E-state index in [9.17, 15) is 4.79 Å². The quantitative estimate of drug-likeness (QED) is 0.792. The summed E-state index contributed by atoms with van der Waals surface area (Å²) >= 11 is 7.39. The molecule has 2 aromatic rings. The second-order valence-electron chi connectivity index (χ2n) is 6.03. The SMILES string of the molecule is CC(N)C1CCN(C(=O)c2csc(-c3ccc(Cl)cc3)n2)CC1.Cl.Cl. The molecule has 1 amide bonds. The molecule has 1 saturated heterocycles. The third-order valence-electron chi connectivity index (χ3n) is 4.38. The van der Waals surface area contributed by atoms with Crippen molar-refractivity contribution in [2.75, 3.05) is 13.1 Å². The Morgan fingerprint density at radius 2 is 1.88 bits per heavy atom. The smallest absolute Gasteiger partial charge is 0.273 e. The number of halogens is 3. The lowest BCUT2D eigenvalue weighted by molar-refractivity contribution is 0.0676. The molecule has 25 heavy (non-hydrogen) atoms. The molecule has 0 aliphatic carbocycles. The largest absolute Gasteiger partial charge is 0.337 e. The van der Waals surface area contributed by atoms with E-state index in [-0.39, 0.29) is 36.8 Å². The van der Waals surface area contributed by atoms with E-state index in [0.717, 1.165) is 36.5 Å². The summed E-state index contributed by atoms with van der Waals surface area (Å²) in [5, 5.41) is 3.37. The second-order valence-corrected chi connectivity index (χ2v) is 7.33. The molecule has 0 radical (unpaired) electrons. The standard InChI is InChI=1S/C17H20ClN3OS.2ClH/c1-11(19)12-6-8-21(9-7-12)17(22)15-10-23-16(20-15)13-2-4-14(18)5-3-13;;/h2-5,10-12H,6-9,19H2,1H3;2*1H. The highest BCUT2D eigenvalue weighted by atomic mass is 35.5. The zero-order valence-corrected chi connectivity index (χ0v) is 17.1. The molecular weight excluding hydrogens is 401 g/mol. The number of benzene rings is 1. The Balaban J connectivity index is 0.00000156. The van der Waals surface area contributed by atoms with Gasteiger partial charge in [0.2, 0.25) is 0 Å². The summed E-state index contributed by atoms with van der Waals surface area (Å²) in [5.41, 5.74) is 7.46. The first-order valence-corrected chi connectivity index (χ1v) is 9.06.